The van der Waals surface area contributed by atoms with Crippen LogP contribution in [0.3, 0.4) is 0 Å². The van der Waals surface area contributed by atoms with E-state index < -0.39 is 11.6 Å². The van der Waals surface area contributed by atoms with Crippen molar-refractivity contribution in [3.05, 3.63) is 29.1 Å². The Balaban J connectivity index is 2.09. The van der Waals surface area contributed by atoms with Crippen molar-refractivity contribution in [2.75, 3.05) is 6.61 Å². The molecule has 1 amide bonds. The summed E-state index contributed by atoms with van der Waals surface area (Å²) in [5.41, 5.74) is 1.56. The van der Waals surface area contributed by atoms with Crippen LogP contribution in [0, 0.1) is 0 Å². The molecule has 0 spiro atoms. The first kappa shape index (κ1) is 15.3. The molecule has 0 radical (unpaired) electrons. The monoisotopic (exact) mass is 292 g/mol. The lowest BCUT2D eigenvalue weighted by Gasteiger charge is -2.24. The van der Waals surface area contributed by atoms with Crippen molar-refractivity contribution < 1.29 is 19.1 Å². The first-order chi connectivity index (χ1) is 9.80. The highest BCUT2D eigenvalue weighted by atomic mass is 16.6. The largest absolute Gasteiger partial charge is 0.461 e. The van der Waals surface area contributed by atoms with Gasteiger partial charge in [-0.05, 0) is 44.9 Å². The van der Waals surface area contributed by atoms with Crippen molar-refractivity contribution in [2.24, 2.45) is 0 Å². The van der Waals surface area contributed by atoms with E-state index in [0.717, 1.165) is 11.1 Å². The minimum atomic E-state index is -0.528. The van der Waals surface area contributed by atoms with E-state index in [2.05, 4.69) is 4.98 Å². The van der Waals surface area contributed by atoms with Crippen molar-refractivity contribution in [3.63, 3.8) is 0 Å². The molecule has 21 heavy (non-hydrogen) atoms. The van der Waals surface area contributed by atoms with Gasteiger partial charge in [-0.25, -0.2) is 14.6 Å². The summed E-state index contributed by atoms with van der Waals surface area (Å²) < 4.78 is 10.3. The van der Waals surface area contributed by atoms with Crippen LogP contribution < -0.4 is 0 Å². The molecule has 0 atom stereocenters. The molecule has 0 N–H and O–H groups in total. The Morgan fingerprint density at radius 1 is 1.29 bits per heavy atom. The summed E-state index contributed by atoms with van der Waals surface area (Å²) >= 11 is 0. The van der Waals surface area contributed by atoms with Gasteiger partial charge in [-0.15, -0.1) is 0 Å². The fraction of sp³-hybridized carbons (Fsp3) is 0.533. The SMILES string of the molecule is CCOC(=O)c1cc2c(cn1)CN(C(=O)OC(C)(C)C)C2. The summed E-state index contributed by atoms with van der Waals surface area (Å²) in [6.45, 7) is 8.40. The van der Waals surface area contributed by atoms with Crippen LogP contribution in [0.2, 0.25) is 0 Å². The van der Waals surface area contributed by atoms with E-state index in [0.29, 0.717) is 19.7 Å². The molecule has 1 aliphatic heterocycles. The Kier molecular flexibility index (Phi) is 4.16. The number of esters is 1. The lowest BCUT2D eigenvalue weighted by Crippen LogP contribution is -2.33. The van der Waals surface area contributed by atoms with E-state index >= 15 is 0 Å². The summed E-state index contributed by atoms with van der Waals surface area (Å²) in [5.74, 6) is -0.448. The highest BCUT2D eigenvalue weighted by Gasteiger charge is 2.28. The second-order valence-electron chi connectivity index (χ2n) is 5.90. The maximum atomic E-state index is 12.0. The van der Waals surface area contributed by atoms with Gasteiger partial charge in [0.15, 0.2) is 0 Å². The number of aromatic nitrogens is 1. The summed E-state index contributed by atoms with van der Waals surface area (Å²) in [7, 11) is 0. The van der Waals surface area contributed by atoms with Gasteiger partial charge in [-0.2, -0.15) is 0 Å². The minimum absolute atomic E-state index is 0.265. The fourth-order valence-corrected chi connectivity index (χ4v) is 2.05. The molecule has 1 aromatic rings. The lowest BCUT2D eigenvalue weighted by molar-refractivity contribution is 0.0241. The molecule has 114 valence electrons. The van der Waals surface area contributed by atoms with Gasteiger partial charge in [0.05, 0.1) is 13.2 Å². The third-order valence-corrected chi connectivity index (χ3v) is 2.94. The molecule has 0 aliphatic carbocycles. The maximum Gasteiger partial charge on any atom is 0.410 e. The normalized spacial score (nSPS) is 13.8. The zero-order valence-corrected chi connectivity index (χ0v) is 12.8. The average Bonchev–Trinajstić information content (AvgIpc) is 2.79. The van der Waals surface area contributed by atoms with E-state index in [1.807, 2.05) is 20.8 Å². The van der Waals surface area contributed by atoms with Crippen LogP contribution in [0.25, 0.3) is 0 Å². The predicted molar refractivity (Wildman–Crippen MR) is 75.7 cm³/mol. The van der Waals surface area contributed by atoms with Crippen LogP contribution in [-0.2, 0) is 22.6 Å². The molecule has 6 heteroatoms. The molecule has 0 fully saturated rings. The topological polar surface area (TPSA) is 68.7 Å². The smallest absolute Gasteiger partial charge is 0.410 e. The molecule has 0 saturated heterocycles. The van der Waals surface area contributed by atoms with E-state index in [-0.39, 0.29) is 11.8 Å². The summed E-state index contributed by atoms with van der Waals surface area (Å²) in [6.07, 6.45) is 1.25. The molecule has 0 saturated carbocycles. The summed E-state index contributed by atoms with van der Waals surface area (Å²) in [4.78, 5) is 29.4. The summed E-state index contributed by atoms with van der Waals surface area (Å²) in [6, 6.07) is 1.68. The van der Waals surface area contributed by atoms with Gasteiger partial charge >= 0.3 is 12.1 Å². The molecule has 2 rings (SSSR count). The molecular formula is C15H20N2O4. The predicted octanol–water partition coefficient (Wildman–Crippen LogP) is 2.51. The standard InChI is InChI=1S/C15H20N2O4/c1-5-20-13(18)12-6-10-8-17(9-11(10)7-16-12)14(19)21-15(2,3)4/h6-7H,5,8-9H2,1-4H3. The van der Waals surface area contributed by atoms with Crippen LogP contribution in [0.15, 0.2) is 12.3 Å². The quantitative estimate of drug-likeness (QED) is 0.783. The Morgan fingerprint density at radius 2 is 1.95 bits per heavy atom. The Hall–Kier alpha value is -2.11. The highest BCUT2D eigenvalue weighted by Crippen LogP contribution is 2.24. The first-order valence-corrected chi connectivity index (χ1v) is 6.93. The van der Waals surface area contributed by atoms with Gasteiger partial charge < -0.3 is 9.47 Å². The number of amides is 1. The number of rotatable bonds is 2. The molecule has 0 unspecified atom stereocenters. The zero-order valence-electron chi connectivity index (χ0n) is 12.8. The second-order valence-corrected chi connectivity index (χ2v) is 5.90. The maximum absolute atomic E-state index is 12.0. The first-order valence-electron chi connectivity index (χ1n) is 6.93. The number of carbonyl (C=O) groups is 2. The molecule has 2 heterocycles. The van der Waals surface area contributed by atoms with Crippen molar-refractivity contribution in [1.29, 1.82) is 0 Å². The van der Waals surface area contributed by atoms with Crippen LogP contribution in [0.5, 0.6) is 0 Å². The van der Waals surface area contributed by atoms with Crippen molar-refractivity contribution in [3.8, 4) is 0 Å². The second kappa shape index (κ2) is 5.71. The van der Waals surface area contributed by atoms with Gasteiger partial charge in [0.1, 0.15) is 11.3 Å². The van der Waals surface area contributed by atoms with Gasteiger partial charge in [0.25, 0.3) is 0 Å². The number of ether oxygens (including phenoxy) is 2. The fourth-order valence-electron chi connectivity index (χ4n) is 2.05. The highest BCUT2D eigenvalue weighted by molar-refractivity contribution is 5.87. The number of hydrogen-bond acceptors (Lipinski definition) is 5. The zero-order chi connectivity index (χ0) is 15.6. The molecule has 1 aromatic heterocycles. The number of pyridine rings is 1. The van der Waals surface area contributed by atoms with E-state index in [9.17, 15) is 9.59 Å². The number of hydrogen-bond donors (Lipinski definition) is 0. The lowest BCUT2D eigenvalue weighted by atomic mass is 10.1. The number of carbonyl (C=O) groups excluding carboxylic acids is 2. The van der Waals surface area contributed by atoms with Crippen molar-refractivity contribution in [2.45, 2.75) is 46.4 Å². The molecular weight excluding hydrogens is 272 g/mol. The summed E-state index contributed by atoms with van der Waals surface area (Å²) in [5, 5.41) is 0. The van der Waals surface area contributed by atoms with Crippen LogP contribution in [0.1, 0.15) is 49.3 Å². The molecule has 6 nitrogen and oxygen atoms in total. The van der Waals surface area contributed by atoms with Crippen molar-refractivity contribution in [1.82, 2.24) is 9.88 Å². The van der Waals surface area contributed by atoms with E-state index in [4.69, 9.17) is 9.47 Å². The number of fused-ring (bicyclic) bond motifs is 1. The van der Waals surface area contributed by atoms with Gasteiger partial charge in [-0.3, -0.25) is 4.90 Å². The van der Waals surface area contributed by atoms with E-state index in [1.54, 1.807) is 24.1 Å². The third-order valence-electron chi connectivity index (χ3n) is 2.94. The van der Waals surface area contributed by atoms with Gasteiger partial charge in [0.2, 0.25) is 0 Å². The van der Waals surface area contributed by atoms with Gasteiger partial charge in [0, 0.05) is 12.7 Å². The Labute approximate surface area is 124 Å². The molecule has 1 aliphatic rings. The van der Waals surface area contributed by atoms with Crippen LogP contribution in [0.4, 0.5) is 4.79 Å². The minimum Gasteiger partial charge on any atom is -0.461 e. The Bertz CT molecular complexity index is 563. The molecule has 0 bridgehead atoms. The van der Waals surface area contributed by atoms with Crippen LogP contribution >= 0.6 is 0 Å². The third kappa shape index (κ3) is 3.71. The molecule has 0 aromatic carbocycles. The van der Waals surface area contributed by atoms with Crippen LogP contribution in [-0.4, -0.2) is 34.2 Å². The van der Waals surface area contributed by atoms with Crippen molar-refractivity contribution >= 4 is 12.1 Å². The van der Waals surface area contributed by atoms with E-state index in [1.165, 1.54) is 0 Å². The average molecular weight is 292 g/mol. The van der Waals surface area contributed by atoms with Gasteiger partial charge in [-0.1, -0.05) is 0 Å². The number of nitrogens with zero attached hydrogens (tertiary/aromatic N) is 2. The Morgan fingerprint density at radius 3 is 2.57 bits per heavy atom.